The minimum atomic E-state index is -0.208. The van der Waals surface area contributed by atoms with Gasteiger partial charge in [-0.25, -0.2) is 0 Å². The van der Waals surface area contributed by atoms with Gasteiger partial charge in [0.15, 0.2) is 0 Å². The summed E-state index contributed by atoms with van der Waals surface area (Å²) in [5.41, 5.74) is 1.69. The van der Waals surface area contributed by atoms with Crippen molar-refractivity contribution in [3.63, 3.8) is 0 Å². The number of hydrogen-bond acceptors (Lipinski definition) is 3. The van der Waals surface area contributed by atoms with Gasteiger partial charge in [-0.2, -0.15) is 5.26 Å². The standard InChI is InChI=1S/C22H27N3O.ClH/c23-13-19-7-4-8-25(19)20(26)14-24-22-11-16-9-18(22)10-17(12-22)21(16)15-5-2-1-3-6-15;/h1-3,5-6,16-19,21,24H,4,7-12,14H2;1H/t16?,17?,18?,19-,21?,22?;/m0./s1. The van der Waals surface area contributed by atoms with Crippen LogP contribution in [0.25, 0.3) is 0 Å². The van der Waals surface area contributed by atoms with Gasteiger partial charge in [-0.05, 0) is 67.8 Å². The molecule has 4 bridgehead atoms. The van der Waals surface area contributed by atoms with E-state index in [1.807, 2.05) is 0 Å². The number of benzene rings is 1. The summed E-state index contributed by atoms with van der Waals surface area (Å²) in [6.45, 7) is 1.15. The number of carbonyl (C=O) groups excluding carboxylic acids is 1. The average Bonchev–Trinajstić information content (AvgIpc) is 3.31. The zero-order valence-electron chi connectivity index (χ0n) is 15.6. The highest BCUT2D eigenvalue weighted by Gasteiger charge is 2.61. The predicted molar refractivity (Wildman–Crippen MR) is 106 cm³/mol. The first kappa shape index (κ1) is 18.8. The third-order valence-corrected chi connectivity index (χ3v) is 7.72. The summed E-state index contributed by atoms with van der Waals surface area (Å²) in [6.07, 6.45) is 6.83. The molecule has 5 heteroatoms. The lowest BCUT2D eigenvalue weighted by Gasteiger charge is -2.39. The first-order valence-electron chi connectivity index (χ1n) is 10.2. The molecule has 1 aromatic rings. The van der Waals surface area contributed by atoms with Crippen molar-refractivity contribution >= 4 is 18.3 Å². The number of nitrogens with one attached hydrogen (secondary N) is 1. The predicted octanol–water partition coefficient (Wildman–Crippen LogP) is 3.48. The summed E-state index contributed by atoms with van der Waals surface area (Å²) < 4.78 is 0. The number of carbonyl (C=O) groups is 1. The molecular weight excluding hydrogens is 358 g/mol. The van der Waals surface area contributed by atoms with E-state index in [0.717, 1.165) is 37.1 Å². The molecule has 4 saturated carbocycles. The van der Waals surface area contributed by atoms with Crippen molar-refractivity contribution in [1.82, 2.24) is 10.2 Å². The zero-order chi connectivity index (χ0) is 17.7. The molecule has 1 heterocycles. The highest BCUT2D eigenvalue weighted by atomic mass is 35.5. The second-order valence-electron chi connectivity index (χ2n) is 8.92. The van der Waals surface area contributed by atoms with Crippen LogP contribution in [0.15, 0.2) is 30.3 Å². The van der Waals surface area contributed by atoms with Gasteiger partial charge in [-0.15, -0.1) is 12.4 Å². The smallest absolute Gasteiger partial charge is 0.237 e. The normalized spacial score (nSPS) is 38.6. The SMILES string of the molecule is Cl.N#C[C@@H]1CCCN1C(=O)CNC12CC3CC1CC(C2)C3c1ccccc1. The lowest BCUT2D eigenvalue weighted by atomic mass is 9.68. The monoisotopic (exact) mass is 385 g/mol. The van der Waals surface area contributed by atoms with E-state index < -0.39 is 0 Å². The van der Waals surface area contributed by atoms with Gasteiger partial charge in [-0.1, -0.05) is 30.3 Å². The van der Waals surface area contributed by atoms with Crippen LogP contribution in [0.1, 0.15) is 50.0 Å². The van der Waals surface area contributed by atoms with E-state index in [9.17, 15) is 10.1 Å². The van der Waals surface area contributed by atoms with E-state index in [0.29, 0.717) is 12.5 Å². The third-order valence-electron chi connectivity index (χ3n) is 7.72. The summed E-state index contributed by atoms with van der Waals surface area (Å²) in [5, 5.41) is 12.9. The van der Waals surface area contributed by atoms with Gasteiger partial charge in [0.05, 0.1) is 12.6 Å². The first-order valence-corrected chi connectivity index (χ1v) is 10.2. The fraction of sp³-hybridized carbons (Fsp3) is 0.636. The van der Waals surface area contributed by atoms with Crippen molar-refractivity contribution in [3.8, 4) is 6.07 Å². The number of amides is 1. The molecule has 5 fully saturated rings. The minimum Gasteiger partial charge on any atom is -0.326 e. The molecule has 6 rings (SSSR count). The molecule has 1 aliphatic heterocycles. The molecule has 0 spiro atoms. The highest BCUT2D eigenvalue weighted by molar-refractivity contribution is 5.85. The summed E-state index contributed by atoms with van der Waals surface area (Å²) in [4.78, 5) is 14.4. The van der Waals surface area contributed by atoms with Crippen LogP contribution in [0.4, 0.5) is 0 Å². The molecule has 2 unspecified atom stereocenters. The fourth-order valence-electron chi connectivity index (χ4n) is 6.79. The fourth-order valence-corrected chi connectivity index (χ4v) is 6.79. The van der Waals surface area contributed by atoms with Crippen molar-refractivity contribution < 1.29 is 4.79 Å². The van der Waals surface area contributed by atoms with Crippen LogP contribution >= 0.6 is 12.4 Å². The Labute approximate surface area is 167 Å². The maximum atomic E-state index is 12.6. The largest absolute Gasteiger partial charge is 0.326 e. The Kier molecular flexibility index (Phi) is 4.94. The summed E-state index contributed by atoms with van der Waals surface area (Å²) >= 11 is 0. The topological polar surface area (TPSA) is 56.1 Å². The van der Waals surface area contributed by atoms with Crippen LogP contribution < -0.4 is 5.32 Å². The molecule has 144 valence electrons. The van der Waals surface area contributed by atoms with E-state index in [2.05, 4.69) is 41.7 Å². The molecule has 3 atom stereocenters. The summed E-state index contributed by atoms with van der Waals surface area (Å²) in [6, 6.07) is 13.1. The summed E-state index contributed by atoms with van der Waals surface area (Å²) in [5.74, 6) is 3.08. The van der Waals surface area contributed by atoms with Crippen molar-refractivity contribution in [2.24, 2.45) is 17.8 Å². The molecule has 5 aliphatic rings. The van der Waals surface area contributed by atoms with E-state index >= 15 is 0 Å². The lowest BCUT2D eigenvalue weighted by molar-refractivity contribution is -0.130. The van der Waals surface area contributed by atoms with E-state index in [1.54, 1.807) is 4.90 Å². The van der Waals surface area contributed by atoms with Crippen LogP contribution in [0.3, 0.4) is 0 Å². The van der Waals surface area contributed by atoms with Gasteiger partial charge in [0.2, 0.25) is 5.91 Å². The highest BCUT2D eigenvalue weighted by Crippen LogP contribution is 2.65. The number of nitriles is 1. The van der Waals surface area contributed by atoms with Crippen molar-refractivity contribution in [3.05, 3.63) is 35.9 Å². The Hall–Kier alpha value is -1.57. The maximum Gasteiger partial charge on any atom is 0.237 e. The first-order chi connectivity index (χ1) is 12.7. The molecule has 1 amide bonds. The van der Waals surface area contributed by atoms with Gasteiger partial charge < -0.3 is 10.2 Å². The van der Waals surface area contributed by atoms with Crippen molar-refractivity contribution in [2.45, 2.75) is 56.0 Å². The Bertz CT molecular complexity index is 730. The Balaban J connectivity index is 0.00000180. The molecule has 4 nitrogen and oxygen atoms in total. The molecule has 1 N–H and O–H groups in total. The van der Waals surface area contributed by atoms with Gasteiger partial charge in [0, 0.05) is 12.1 Å². The Morgan fingerprint density at radius 2 is 1.93 bits per heavy atom. The molecule has 27 heavy (non-hydrogen) atoms. The average molecular weight is 386 g/mol. The van der Waals surface area contributed by atoms with E-state index in [-0.39, 0.29) is 29.9 Å². The molecule has 1 aromatic carbocycles. The minimum absolute atomic E-state index is 0. The van der Waals surface area contributed by atoms with E-state index in [1.165, 1.54) is 31.2 Å². The van der Waals surface area contributed by atoms with Crippen LogP contribution in [-0.4, -0.2) is 35.5 Å². The Morgan fingerprint density at radius 1 is 1.22 bits per heavy atom. The number of likely N-dealkylation sites (tertiary alicyclic amines) is 1. The van der Waals surface area contributed by atoms with Gasteiger partial charge >= 0.3 is 0 Å². The van der Waals surface area contributed by atoms with Gasteiger partial charge in [0.25, 0.3) is 0 Å². The number of halogens is 1. The van der Waals surface area contributed by atoms with Crippen LogP contribution in [0.5, 0.6) is 0 Å². The number of nitrogens with zero attached hydrogens (tertiary/aromatic N) is 2. The Morgan fingerprint density at radius 3 is 2.59 bits per heavy atom. The van der Waals surface area contributed by atoms with Gasteiger partial charge in [-0.3, -0.25) is 4.79 Å². The third kappa shape index (κ3) is 2.96. The second kappa shape index (κ2) is 7.11. The van der Waals surface area contributed by atoms with E-state index in [4.69, 9.17) is 0 Å². The second-order valence-corrected chi connectivity index (χ2v) is 8.92. The number of rotatable bonds is 4. The molecule has 1 saturated heterocycles. The maximum absolute atomic E-state index is 12.6. The van der Waals surface area contributed by atoms with Crippen LogP contribution in [0.2, 0.25) is 0 Å². The van der Waals surface area contributed by atoms with Gasteiger partial charge in [0.1, 0.15) is 6.04 Å². The molecular formula is C22H28ClN3O. The zero-order valence-corrected chi connectivity index (χ0v) is 16.5. The quantitative estimate of drug-likeness (QED) is 0.863. The van der Waals surface area contributed by atoms with Crippen LogP contribution in [0, 0.1) is 29.1 Å². The number of hydrogen-bond donors (Lipinski definition) is 1. The molecule has 0 radical (unpaired) electrons. The van der Waals surface area contributed by atoms with Crippen LogP contribution in [-0.2, 0) is 4.79 Å². The van der Waals surface area contributed by atoms with Crippen molar-refractivity contribution in [1.29, 1.82) is 5.26 Å². The molecule has 0 aromatic heterocycles. The van der Waals surface area contributed by atoms with Crippen molar-refractivity contribution in [2.75, 3.05) is 13.1 Å². The summed E-state index contributed by atoms with van der Waals surface area (Å²) in [7, 11) is 0. The lowest BCUT2D eigenvalue weighted by Crippen LogP contribution is -2.51. The molecule has 4 aliphatic carbocycles.